The third kappa shape index (κ3) is 1.39. The summed E-state index contributed by atoms with van der Waals surface area (Å²) in [5.41, 5.74) is 0. The van der Waals surface area contributed by atoms with Crippen molar-refractivity contribution in [1.82, 2.24) is 0 Å². The first-order valence-corrected chi connectivity index (χ1v) is 2.14. The smallest absolute Gasteiger partial charge is 0.399 e. The highest BCUT2D eigenvalue weighted by molar-refractivity contribution is 5.75. The topological polar surface area (TPSA) is 63.9 Å². The van der Waals surface area contributed by atoms with E-state index in [9.17, 15) is 27.5 Å². The molecule has 0 saturated carbocycles. The van der Waals surface area contributed by atoms with Crippen molar-refractivity contribution in [3.05, 3.63) is 0 Å². The molecule has 0 unspecified atom stereocenters. The fourth-order valence-electron chi connectivity index (χ4n) is 0.198. The van der Waals surface area contributed by atoms with Crippen LogP contribution in [0.1, 0.15) is 0 Å². The van der Waals surface area contributed by atoms with E-state index in [0.29, 0.717) is 0 Å². The van der Waals surface area contributed by atoms with Crippen molar-refractivity contribution >= 4 is 5.97 Å². The predicted molar refractivity (Wildman–Crippen MR) is 20.5 cm³/mol. The number of hydrogen-bond acceptors (Lipinski definition) is 3. The van der Waals surface area contributed by atoms with Gasteiger partial charge >= 0.3 is 11.8 Å². The lowest BCUT2D eigenvalue weighted by Gasteiger charge is -2.20. The number of rotatable bonds is 2. The number of nitrogens with zero attached hydrogens (tertiary/aromatic N) is 1. The summed E-state index contributed by atoms with van der Waals surface area (Å²) in [6.07, 6.45) is 0. The van der Waals surface area contributed by atoms with E-state index in [2.05, 4.69) is 0 Å². The summed E-state index contributed by atoms with van der Waals surface area (Å²) in [5.74, 6) is -13.9. The number of carboxylic acid groups (broad SMARTS) is 1. The Morgan fingerprint density at radius 2 is 1.73 bits per heavy atom. The second-order valence-electron chi connectivity index (χ2n) is 1.55. The number of carboxylic acids is 1. The second-order valence-corrected chi connectivity index (χ2v) is 1.55. The molecule has 0 atom stereocenters. The van der Waals surface area contributed by atoms with Crippen molar-refractivity contribution < 1.29 is 27.5 Å². The number of nitriles is 1. The van der Waals surface area contributed by atoms with Crippen LogP contribution in [-0.2, 0) is 4.79 Å². The van der Waals surface area contributed by atoms with E-state index < -0.39 is 17.8 Å². The van der Waals surface area contributed by atoms with Gasteiger partial charge in [0, 0.05) is 0 Å². The SMILES string of the molecule is N#CC(F)(F)C(F)(F)C(=O)[O-]. The minimum Gasteiger partial charge on any atom is -0.544 e. The largest absolute Gasteiger partial charge is 0.544 e. The van der Waals surface area contributed by atoms with Gasteiger partial charge in [-0.25, -0.2) is 0 Å². The maximum Gasteiger partial charge on any atom is 0.399 e. The molecule has 0 radical (unpaired) electrons. The van der Waals surface area contributed by atoms with Crippen LogP contribution in [0, 0.1) is 11.3 Å². The molecule has 0 aromatic rings. The maximum absolute atomic E-state index is 11.7. The molecule has 0 fully saturated rings. The van der Waals surface area contributed by atoms with Gasteiger partial charge in [0.1, 0.15) is 12.0 Å². The third-order valence-electron chi connectivity index (χ3n) is 0.791. The summed E-state index contributed by atoms with van der Waals surface area (Å²) >= 11 is 0. The molecule has 11 heavy (non-hydrogen) atoms. The third-order valence-corrected chi connectivity index (χ3v) is 0.791. The highest BCUT2D eigenvalue weighted by Crippen LogP contribution is 2.32. The lowest BCUT2D eigenvalue weighted by Crippen LogP contribution is -2.53. The fourth-order valence-corrected chi connectivity index (χ4v) is 0.198. The van der Waals surface area contributed by atoms with Crippen molar-refractivity contribution in [2.45, 2.75) is 11.8 Å². The maximum atomic E-state index is 11.7. The molecule has 0 N–H and O–H groups in total. The molecule has 0 aromatic heterocycles. The summed E-state index contributed by atoms with van der Waals surface area (Å²) in [6, 6.07) is -0.141. The molecular formula is C4F4NO2-. The Balaban J connectivity index is 4.86. The van der Waals surface area contributed by atoms with Crippen LogP contribution in [0.25, 0.3) is 0 Å². The van der Waals surface area contributed by atoms with E-state index in [0.717, 1.165) is 0 Å². The standard InChI is InChI=1S/C4HF4NO2/c5-3(6,1-9)4(7,8)2(10)11/h(H,10,11)/p-1. The lowest BCUT2D eigenvalue weighted by molar-refractivity contribution is -0.343. The van der Waals surface area contributed by atoms with E-state index in [4.69, 9.17) is 5.26 Å². The Hall–Kier alpha value is -1.32. The Labute approximate surface area is 57.8 Å². The Morgan fingerprint density at radius 3 is 1.82 bits per heavy atom. The molecule has 0 amide bonds. The molecule has 0 aliphatic heterocycles. The number of carbonyl (C=O) groups is 1. The van der Waals surface area contributed by atoms with Crippen LogP contribution in [0.4, 0.5) is 17.6 Å². The van der Waals surface area contributed by atoms with E-state index >= 15 is 0 Å². The van der Waals surface area contributed by atoms with Gasteiger partial charge in [0.25, 0.3) is 0 Å². The first-order valence-electron chi connectivity index (χ1n) is 2.14. The summed E-state index contributed by atoms with van der Waals surface area (Å²) < 4.78 is 46.7. The van der Waals surface area contributed by atoms with Gasteiger partial charge in [-0.1, -0.05) is 0 Å². The molecule has 0 rings (SSSR count). The molecule has 0 heterocycles. The number of halogens is 4. The first kappa shape index (κ1) is 9.68. The van der Waals surface area contributed by atoms with Crippen molar-refractivity contribution in [3.63, 3.8) is 0 Å². The second kappa shape index (κ2) is 2.38. The zero-order chi connectivity index (χ0) is 9.28. The Kier molecular flexibility index (Phi) is 2.09. The zero-order valence-corrected chi connectivity index (χ0v) is 4.78. The van der Waals surface area contributed by atoms with E-state index in [1.165, 1.54) is 0 Å². The average Bonchev–Trinajstić information content (AvgIpc) is 1.87. The zero-order valence-electron chi connectivity index (χ0n) is 4.78. The van der Waals surface area contributed by atoms with Crippen molar-refractivity contribution in [2.75, 3.05) is 0 Å². The fraction of sp³-hybridized carbons (Fsp3) is 0.500. The van der Waals surface area contributed by atoms with Crippen molar-refractivity contribution in [3.8, 4) is 6.07 Å². The molecule has 0 spiro atoms. The van der Waals surface area contributed by atoms with E-state index in [1.807, 2.05) is 0 Å². The van der Waals surface area contributed by atoms with Crippen LogP contribution >= 0.6 is 0 Å². The van der Waals surface area contributed by atoms with Crippen molar-refractivity contribution in [2.24, 2.45) is 0 Å². The van der Waals surface area contributed by atoms with Gasteiger partial charge in [-0.05, 0) is 0 Å². The van der Waals surface area contributed by atoms with Gasteiger partial charge in [-0.2, -0.15) is 22.8 Å². The predicted octanol–water partition coefficient (Wildman–Crippen LogP) is -0.470. The van der Waals surface area contributed by atoms with E-state index in [-0.39, 0.29) is 6.07 Å². The Morgan fingerprint density at radius 1 is 1.36 bits per heavy atom. The van der Waals surface area contributed by atoms with Gasteiger partial charge in [-0.15, -0.1) is 0 Å². The Bertz CT molecular complexity index is 219. The molecule has 62 valence electrons. The number of aliphatic carboxylic acids is 1. The van der Waals surface area contributed by atoms with Crippen LogP contribution < -0.4 is 5.11 Å². The molecule has 0 aliphatic rings. The van der Waals surface area contributed by atoms with Crippen LogP contribution in [0.2, 0.25) is 0 Å². The van der Waals surface area contributed by atoms with Gasteiger partial charge in [-0.3, -0.25) is 0 Å². The monoisotopic (exact) mass is 170 g/mol. The van der Waals surface area contributed by atoms with Crippen LogP contribution in [0.3, 0.4) is 0 Å². The minimum atomic E-state index is -5.44. The average molecular weight is 170 g/mol. The summed E-state index contributed by atoms with van der Waals surface area (Å²) in [7, 11) is 0. The lowest BCUT2D eigenvalue weighted by atomic mass is 10.2. The number of alkyl halides is 4. The number of hydrogen-bond donors (Lipinski definition) is 0. The van der Waals surface area contributed by atoms with Crippen LogP contribution in [0.5, 0.6) is 0 Å². The molecule has 0 bridgehead atoms. The van der Waals surface area contributed by atoms with Crippen LogP contribution in [0.15, 0.2) is 0 Å². The highest BCUT2D eigenvalue weighted by atomic mass is 19.3. The minimum absolute atomic E-state index is 0.141. The quantitative estimate of drug-likeness (QED) is 0.526. The van der Waals surface area contributed by atoms with Gasteiger partial charge in [0.2, 0.25) is 0 Å². The molecule has 0 saturated heterocycles. The van der Waals surface area contributed by atoms with Gasteiger partial charge < -0.3 is 9.90 Å². The first-order chi connectivity index (χ1) is 4.75. The molecule has 7 heteroatoms. The molecular weight excluding hydrogens is 170 g/mol. The summed E-state index contributed by atoms with van der Waals surface area (Å²) in [4.78, 5) is 9.33. The molecule has 3 nitrogen and oxygen atoms in total. The molecule has 0 aliphatic carbocycles. The normalized spacial score (nSPS) is 12.3. The van der Waals surface area contributed by atoms with Gasteiger partial charge in [0.05, 0.1) is 0 Å². The number of carbonyl (C=O) groups excluding carboxylic acids is 1. The summed E-state index contributed by atoms with van der Waals surface area (Å²) in [6.45, 7) is 0. The van der Waals surface area contributed by atoms with Crippen molar-refractivity contribution in [1.29, 1.82) is 5.26 Å². The molecule has 0 aromatic carbocycles. The van der Waals surface area contributed by atoms with Gasteiger partial charge in [0.15, 0.2) is 0 Å². The van der Waals surface area contributed by atoms with E-state index in [1.54, 1.807) is 0 Å². The summed E-state index contributed by atoms with van der Waals surface area (Å²) in [5, 5.41) is 16.7. The highest BCUT2D eigenvalue weighted by Gasteiger charge is 2.58. The van der Waals surface area contributed by atoms with Crippen LogP contribution in [-0.4, -0.2) is 17.8 Å².